The van der Waals surface area contributed by atoms with Gasteiger partial charge in [0.2, 0.25) is 5.75 Å². The lowest BCUT2D eigenvalue weighted by Crippen LogP contribution is -2.27. The highest BCUT2D eigenvalue weighted by atomic mass is 16.5. The zero-order valence-electron chi connectivity index (χ0n) is 27.5. The van der Waals surface area contributed by atoms with Crippen LogP contribution in [-0.4, -0.2) is 80.1 Å². The molecule has 1 heterocycles. The molecular weight excluding hydrogens is 560 g/mol. The average molecular weight is 607 g/mol. The van der Waals surface area contributed by atoms with Crippen molar-refractivity contribution in [1.82, 2.24) is 4.90 Å². The smallest absolute Gasteiger partial charge is 0.312 e. The van der Waals surface area contributed by atoms with Crippen LogP contribution >= 0.6 is 0 Å². The topological polar surface area (TPSA) is 78.9 Å². The molecule has 4 rings (SSSR count). The van der Waals surface area contributed by atoms with Crippen LogP contribution in [0, 0.1) is 0 Å². The molecule has 0 saturated carbocycles. The Kier molecular flexibility index (Phi) is 10.9. The number of nitrogens with zero attached hydrogens (tertiary/aromatic N) is 2. The Morgan fingerprint density at radius 3 is 1.91 bits per heavy atom. The van der Waals surface area contributed by atoms with Crippen molar-refractivity contribution >= 4 is 11.7 Å². The summed E-state index contributed by atoms with van der Waals surface area (Å²) >= 11 is 0. The molecule has 0 aromatic heterocycles. The molecule has 0 aliphatic carbocycles. The number of carbonyl (C=O) groups is 1. The van der Waals surface area contributed by atoms with E-state index in [1.165, 1.54) is 0 Å². The molecular formula is C35H46N2O7. The molecule has 0 N–H and O–H groups in total. The van der Waals surface area contributed by atoms with Crippen molar-refractivity contribution in [3.63, 3.8) is 0 Å². The minimum atomic E-state index is -0.303. The molecule has 0 bridgehead atoms. The summed E-state index contributed by atoms with van der Waals surface area (Å²) in [6, 6.07) is 14.1. The second kappa shape index (κ2) is 14.6. The van der Waals surface area contributed by atoms with Gasteiger partial charge in [-0.1, -0.05) is 26.0 Å². The van der Waals surface area contributed by atoms with Gasteiger partial charge in [0.15, 0.2) is 11.5 Å². The molecule has 0 amide bonds. The molecule has 2 unspecified atom stereocenters. The van der Waals surface area contributed by atoms with Crippen LogP contribution in [0.1, 0.15) is 60.8 Å². The van der Waals surface area contributed by atoms with Crippen molar-refractivity contribution in [2.45, 2.75) is 38.5 Å². The van der Waals surface area contributed by atoms with E-state index < -0.39 is 0 Å². The summed E-state index contributed by atoms with van der Waals surface area (Å²) in [5, 5.41) is 0. The zero-order valence-corrected chi connectivity index (χ0v) is 27.5. The first-order valence-electron chi connectivity index (χ1n) is 15.0. The lowest BCUT2D eigenvalue weighted by atomic mass is 9.80. The van der Waals surface area contributed by atoms with Gasteiger partial charge in [-0.2, -0.15) is 0 Å². The lowest BCUT2D eigenvalue weighted by Gasteiger charge is -2.33. The van der Waals surface area contributed by atoms with Gasteiger partial charge in [-0.15, -0.1) is 0 Å². The predicted octanol–water partition coefficient (Wildman–Crippen LogP) is 6.10. The van der Waals surface area contributed by atoms with E-state index in [1.54, 1.807) is 35.5 Å². The van der Waals surface area contributed by atoms with Crippen molar-refractivity contribution in [2.75, 3.05) is 74.2 Å². The van der Waals surface area contributed by atoms with Crippen LogP contribution in [0.5, 0.6) is 34.5 Å². The Hall–Kier alpha value is -4.11. The number of hydrogen-bond donors (Lipinski definition) is 0. The van der Waals surface area contributed by atoms with Gasteiger partial charge >= 0.3 is 5.97 Å². The van der Waals surface area contributed by atoms with Crippen molar-refractivity contribution in [3.8, 4) is 34.5 Å². The van der Waals surface area contributed by atoms with Crippen LogP contribution < -0.4 is 33.3 Å². The lowest BCUT2D eigenvalue weighted by molar-refractivity contribution is -0.135. The van der Waals surface area contributed by atoms with Crippen LogP contribution in [0.3, 0.4) is 0 Å². The standard InChI is InChI=1S/C35H46N2O7/c1-10-37(11-2)17-16-25(23-18-29(41-7)34(43-9)30(19-23)42-8)32-27(39-5)21-28(40-6)33-26(20-31(38)44-35(32)33)22-12-14-24(15-13-22)36(3)4/h12-15,18-19,21,25-26H,10-11,16-17,20H2,1-9H3. The summed E-state index contributed by atoms with van der Waals surface area (Å²) < 4.78 is 35.2. The first-order valence-corrected chi connectivity index (χ1v) is 15.0. The largest absolute Gasteiger partial charge is 0.496 e. The number of rotatable bonds is 14. The molecule has 3 aromatic rings. The second-order valence-corrected chi connectivity index (χ2v) is 11.0. The Labute approximate surface area is 261 Å². The average Bonchev–Trinajstić information content (AvgIpc) is 3.05. The highest BCUT2D eigenvalue weighted by molar-refractivity contribution is 5.81. The van der Waals surface area contributed by atoms with Gasteiger partial charge in [-0.3, -0.25) is 4.79 Å². The van der Waals surface area contributed by atoms with E-state index >= 15 is 0 Å². The SMILES string of the molecule is CCN(CC)CCC(c1cc(OC)c(OC)c(OC)c1)c1c(OC)cc(OC)c2c1OC(=O)CC2c1ccc(N(C)C)cc1. The summed E-state index contributed by atoms with van der Waals surface area (Å²) in [4.78, 5) is 17.8. The highest BCUT2D eigenvalue weighted by Gasteiger charge is 2.38. The minimum Gasteiger partial charge on any atom is -0.496 e. The summed E-state index contributed by atoms with van der Waals surface area (Å²) in [7, 11) is 12.1. The van der Waals surface area contributed by atoms with Gasteiger partial charge in [-0.25, -0.2) is 0 Å². The van der Waals surface area contributed by atoms with E-state index in [0.717, 1.165) is 54.0 Å². The van der Waals surface area contributed by atoms with E-state index in [1.807, 2.05) is 37.2 Å². The van der Waals surface area contributed by atoms with Gasteiger partial charge in [0.25, 0.3) is 0 Å². The number of carbonyl (C=O) groups excluding carboxylic acids is 1. The molecule has 0 spiro atoms. The summed E-state index contributed by atoms with van der Waals surface area (Å²) in [5.41, 5.74) is 4.63. The molecule has 9 nitrogen and oxygen atoms in total. The van der Waals surface area contributed by atoms with Gasteiger partial charge in [0, 0.05) is 48.8 Å². The molecule has 238 valence electrons. The van der Waals surface area contributed by atoms with Crippen molar-refractivity contribution in [3.05, 3.63) is 64.7 Å². The predicted molar refractivity (Wildman–Crippen MR) is 173 cm³/mol. The number of methoxy groups -OCH3 is 5. The second-order valence-electron chi connectivity index (χ2n) is 11.0. The maximum absolute atomic E-state index is 13.4. The van der Waals surface area contributed by atoms with Crippen LogP contribution in [0.25, 0.3) is 0 Å². The van der Waals surface area contributed by atoms with Crippen LogP contribution in [0.2, 0.25) is 0 Å². The quantitative estimate of drug-likeness (QED) is 0.160. The fraction of sp³-hybridized carbons (Fsp3) is 0.457. The first-order chi connectivity index (χ1) is 21.2. The molecule has 2 atom stereocenters. The summed E-state index contributed by atoms with van der Waals surface area (Å²) in [5.74, 6) is 2.47. The van der Waals surface area contributed by atoms with E-state index in [2.05, 4.69) is 43.0 Å². The molecule has 1 aliphatic heterocycles. The van der Waals surface area contributed by atoms with Crippen LogP contribution in [0.4, 0.5) is 5.69 Å². The van der Waals surface area contributed by atoms with Crippen LogP contribution in [0.15, 0.2) is 42.5 Å². The summed E-state index contributed by atoms with van der Waals surface area (Å²) in [6.07, 6.45) is 0.917. The first kappa shape index (κ1) is 32.8. The van der Waals surface area contributed by atoms with E-state index in [4.69, 9.17) is 28.4 Å². The van der Waals surface area contributed by atoms with E-state index in [9.17, 15) is 4.79 Å². The van der Waals surface area contributed by atoms with E-state index in [-0.39, 0.29) is 24.2 Å². The number of hydrogen-bond acceptors (Lipinski definition) is 9. The molecule has 0 fully saturated rings. The number of benzene rings is 3. The minimum absolute atomic E-state index is 0.199. The van der Waals surface area contributed by atoms with Gasteiger partial charge in [-0.05, 0) is 61.4 Å². The third-order valence-corrected chi connectivity index (χ3v) is 8.54. The molecule has 0 radical (unpaired) electrons. The summed E-state index contributed by atoms with van der Waals surface area (Å²) in [6.45, 7) is 6.94. The number of fused-ring (bicyclic) bond motifs is 1. The van der Waals surface area contributed by atoms with Crippen LogP contribution in [-0.2, 0) is 4.79 Å². The Balaban J connectivity index is 2.00. The maximum atomic E-state index is 13.4. The molecule has 0 saturated heterocycles. The molecule has 9 heteroatoms. The fourth-order valence-corrected chi connectivity index (χ4v) is 6.10. The Morgan fingerprint density at radius 2 is 1.41 bits per heavy atom. The fourth-order valence-electron chi connectivity index (χ4n) is 6.10. The number of anilines is 1. The number of esters is 1. The zero-order chi connectivity index (χ0) is 32.0. The normalized spacial score (nSPS) is 14.9. The van der Waals surface area contributed by atoms with Crippen molar-refractivity contribution in [1.29, 1.82) is 0 Å². The number of ether oxygens (including phenoxy) is 6. The van der Waals surface area contributed by atoms with Gasteiger partial charge in [0.05, 0.1) is 42.0 Å². The third kappa shape index (κ3) is 6.53. The monoisotopic (exact) mass is 606 g/mol. The maximum Gasteiger partial charge on any atom is 0.312 e. The van der Waals surface area contributed by atoms with Crippen molar-refractivity contribution in [2.24, 2.45) is 0 Å². The van der Waals surface area contributed by atoms with Gasteiger partial charge < -0.3 is 38.2 Å². The molecule has 1 aliphatic rings. The highest BCUT2D eigenvalue weighted by Crippen LogP contribution is 2.54. The van der Waals surface area contributed by atoms with Crippen molar-refractivity contribution < 1.29 is 33.2 Å². The Bertz CT molecular complexity index is 1410. The Morgan fingerprint density at radius 1 is 0.818 bits per heavy atom. The molecule has 3 aromatic carbocycles. The van der Waals surface area contributed by atoms with Gasteiger partial charge in [0.1, 0.15) is 17.2 Å². The molecule has 44 heavy (non-hydrogen) atoms. The van der Waals surface area contributed by atoms with E-state index in [0.29, 0.717) is 34.5 Å². The third-order valence-electron chi connectivity index (χ3n) is 8.54.